The number of carboxylic acid groups (broad SMARTS) is 1. The molecule has 0 aliphatic heterocycles. The Morgan fingerprint density at radius 3 is 2.80 bits per heavy atom. The Balaban J connectivity index is 2.13. The topological polar surface area (TPSA) is 89.7 Å². The molecule has 0 aliphatic carbocycles. The number of halogens is 1. The number of non-ortho nitro benzene ring substituents is 1. The number of carboxylic acids is 1. The summed E-state index contributed by atoms with van der Waals surface area (Å²) in [4.78, 5) is 21.1. The molecular formula is C12H8ClNO5S. The van der Waals surface area contributed by atoms with E-state index in [9.17, 15) is 14.9 Å². The Bertz CT molecular complexity index is 670. The van der Waals surface area contributed by atoms with Crippen molar-refractivity contribution in [3.8, 4) is 5.75 Å². The molecule has 0 bridgehead atoms. The van der Waals surface area contributed by atoms with Gasteiger partial charge in [0.05, 0.1) is 9.95 Å². The molecule has 8 heteroatoms. The second-order valence-corrected chi connectivity index (χ2v) is 5.06. The molecule has 2 rings (SSSR count). The van der Waals surface area contributed by atoms with Crippen LogP contribution in [0.2, 0.25) is 5.02 Å². The van der Waals surface area contributed by atoms with Crippen molar-refractivity contribution in [3.63, 3.8) is 0 Å². The van der Waals surface area contributed by atoms with Gasteiger partial charge in [-0.25, -0.2) is 4.79 Å². The van der Waals surface area contributed by atoms with Crippen LogP contribution in [-0.2, 0) is 6.61 Å². The van der Waals surface area contributed by atoms with E-state index in [-0.39, 0.29) is 27.9 Å². The highest BCUT2D eigenvalue weighted by Crippen LogP contribution is 2.29. The third-order valence-corrected chi connectivity index (χ3v) is 3.69. The monoisotopic (exact) mass is 313 g/mol. The molecule has 0 unspecified atom stereocenters. The Morgan fingerprint density at radius 2 is 2.20 bits per heavy atom. The van der Waals surface area contributed by atoms with Crippen LogP contribution in [0.3, 0.4) is 0 Å². The number of hydrogen-bond donors (Lipinski definition) is 1. The number of aromatic carboxylic acids is 1. The van der Waals surface area contributed by atoms with Gasteiger partial charge >= 0.3 is 5.97 Å². The second-order valence-electron chi connectivity index (χ2n) is 3.74. The van der Waals surface area contributed by atoms with Crippen molar-refractivity contribution in [1.29, 1.82) is 0 Å². The molecule has 6 nitrogen and oxygen atoms in total. The summed E-state index contributed by atoms with van der Waals surface area (Å²) in [5.74, 6) is -0.756. The van der Waals surface area contributed by atoms with E-state index in [0.717, 1.165) is 11.3 Å². The number of nitro benzene ring substituents is 1. The maximum atomic E-state index is 10.9. The molecule has 0 fully saturated rings. The predicted octanol–water partition coefficient (Wildman–Crippen LogP) is 3.59. The minimum Gasteiger partial charge on any atom is -0.487 e. The number of rotatable bonds is 5. The number of benzene rings is 1. The Hall–Kier alpha value is -2.12. The first-order valence-electron chi connectivity index (χ1n) is 5.35. The third-order valence-electron chi connectivity index (χ3n) is 2.45. The van der Waals surface area contributed by atoms with E-state index >= 15 is 0 Å². The molecule has 0 radical (unpaired) electrons. The van der Waals surface area contributed by atoms with Crippen LogP contribution in [0.5, 0.6) is 5.75 Å². The number of ether oxygens (including phenoxy) is 1. The molecule has 1 N–H and O–H groups in total. The lowest BCUT2D eigenvalue weighted by Crippen LogP contribution is -2.02. The predicted molar refractivity (Wildman–Crippen MR) is 73.7 cm³/mol. The fourth-order valence-electron chi connectivity index (χ4n) is 1.51. The van der Waals surface area contributed by atoms with Gasteiger partial charge in [0.25, 0.3) is 5.69 Å². The molecule has 2 aromatic rings. The van der Waals surface area contributed by atoms with Crippen molar-refractivity contribution in [3.05, 3.63) is 55.2 Å². The molecule has 104 valence electrons. The van der Waals surface area contributed by atoms with Gasteiger partial charge in [-0.3, -0.25) is 10.1 Å². The summed E-state index contributed by atoms with van der Waals surface area (Å²) in [5.41, 5.74) is 0.390. The summed E-state index contributed by atoms with van der Waals surface area (Å²) in [6.07, 6.45) is 0. The van der Waals surface area contributed by atoms with Crippen LogP contribution in [0.25, 0.3) is 0 Å². The van der Waals surface area contributed by atoms with E-state index < -0.39 is 10.9 Å². The molecular weight excluding hydrogens is 306 g/mol. The van der Waals surface area contributed by atoms with Gasteiger partial charge in [-0.1, -0.05) is 11.6 Å². The lowest BCUT2D eigenvalue weighted by Gasteiger charge is -2.07. The van der Waals surface area contributed by atoms with E-state index in [1.807, 2.05) is 0 Å². The maximum absolute atomic E-state index is 10.9. The number of nitrogens with zero attached hydrogens (tertiary/aromatic N) is 1. The highest BCUT2D eigenvalue weighted by atomic mass is 35.5. The van der Waals surface area contributed by atoms with Crippen LogP contribution in [0.4, 0.5) is 5.69 Å². The zero-order valence-electron chi connectivity index (χ0n) is 9.91. The second kappa shape index (κ2) is 5.89. The zero-order chi connectivity index (χ0) is 14.7. The number of thiophene rings is 1. The van der Waals surface area contributed by atoms with E-state index in [4.69, 9.17) is 21.4 Å². The van der Waals surface area contributed by atoms with Crippen molar-refractivity contribution in [1.82, 2.24) is 0 Å². The van der Waals surface area contributed by atoms with Gasteiger partial charge in [0.15, 0.2) is 0 Å². The Kier molecular flexibility index (Phi) is 4.21. The first-order chi connectivity index (χ1) is 9.49. The van der Waals surface area contributed by atoms with Crippen LogP contribution in [0.1, 0.15) is 15.2 Å². The molecule has 20 heavy (non-hydrogen) atoms. The average Bonchev–Trinajstić information content (AvgIpc) is 2.85. The molecule has 0 amide bonds. The number of nitro groups is 1. The molecule has 1 aromatic carbocycles. The third kappa shape index (κ3) is 3.06. The summed E-state index contributed by atoms with van der Waals surface area (Å²) in [6.45, 7) is 0.0304. The van der Waals surface area contributed by atoms with Crippen molar-refractivity contribution in [2.24, 2.45) is 0 Å². The summed E-state index contributed by atoms with van der Waals surface area (Å²) >= 11 is 6.97. The van der Waals surface area contributed by atoms with Gasteiger partial charge in [-0.2, -0.15) is 0 Å². The first kappa shape index (κ1) is 14.3. The summed E-state index contributed by atoms with van der Waals surface area (Å²) in [5, 5.41) is 21.3. The van der Waals surface area contributed by atoms with Gasteiger partial charge in [0, 0.05) is 17.7 Å². The standard InChI is InChI=1S/C12H8ClNO5S/c13-9-5-8(14(17)18)1-2-10(9)19-6-7-3-4-20-11(7)12(15)16/h1-5H,6H2,(H,15,16). The van der Waals surface area contributed by atoms with Gasteiger partial charge < -0.3 is 9.84 Å². The van der Waals surface area contributed by atoms with Crippen LogP contribution in [0.15, 0.2) is 29.6 Å². The van der Waals surface area contributed by atoms with Crippen molar-refractivity contribution in [2.75, 3.05) is 0 Å². The normalized spacial score (nSPS) is 10.2. The summed E-state index contributed by atoms with van der Waals surface area (Å²) in [7, 11) is 0. The SMILES string of the molecule is O=C(O)c1sccc1COc1ccc([N+](=O)[O-])cc1Cl. The average molecular weight is 314 g/mol. The molecule has 1 heterocycles. The zero-order valence-corrected chi connectivity index (χ0v) is 11.5. The Morgan fingerprint density at radius 1 is 1.45 bits per heavy atom. The fourth-order valence-corrected chi connectivity index (χ4v) is 2.49. The van der Waals surface area contributed by atoms with Crippen molar-refractivity contribution in [2.45, 2.75) is 6.61 Å². The molecule has 0 saturated carbocycles. The molecule has 0 atom stereocenters. The lowest BCUT2D eigenvalue weighted by molar-refractivity contribution is -0.384. The van der Waals surface area contributed by atoms with Crippen LogP contribution >= 0.6 is 22.9 Å². The molecule has 0 saturated heterocycles. The highest BCUT2D eigenvalue weighted by Gasteiger charge is 2.14. The maximum Gasteiger partial charge on any atom is 0.346 e. The Labute approximate surface area is 122 Å². The van der Waals surface area contributed by atoms with E-state index in [2.05, 4.69) is 0 Å². The molecule has 0 aliphatic rings. The van der Waals surface area contributed by atoms with Crippen LogP contribution < -0.4 is 4.74 Å². The van der Waals surface area contributed by atoms with E-state index in [1.54, 1.807) is 11.4 Å². The lowest BCUT2D eigenvalue weighted by atomic mass is 10.2. The summed E-state index contributed by atoms with van der Waals surface area (Å²) in [6, 6.07) is 5.48. The van der Waals surface area contributed by atoms with Gasteiger partial charge in [-0.05, 0) is 17.5 Å². The van der Waals surface area contributed by atoms with E-state index in [0.29, 0.717) is 5.56 Å². The fraction of sp³-hybridized carbons (Fsp3) is 0.0833. The minimum atomic E-state index is -1.02. The first-order valence-corrected chi connectivity index (χ1v) is 6.61. The molecule has 1 aromatic heterocycles. The van der Waals surface area contributed by atoms with Crippen molar-refractivity contribution < 1.29 is 19.6 Å². The smallest absolute Gasteiger partial charge is 0.346 e. The quantitative estimate of drug-likeness (QED) is 0.673. The number of hydrogen-bond acceptors (Lipinski definition) is 5. The van der Waals surface area contributed by atoms with Gasteiger partial charge in [0.2, 0.25) is 0 Å². The molecule has 0 spiro atoms. The largest absolute Gasteiger partial charge is 0.487 e. The van der Waals surface area contributed by atoms with Gasteiger partial charge in [-0.15, -0.1) is 11.3 Å². The van der Waals surface area contributed by atoms with Crippen molar-refractivity contribution >= 4 is 34.6 Å². The summed E-state index contributed by atoms with van der Waals surface area (Å²) < 4.78 is 5.40. The number of carbonyl (C=O) groups is 1. The minimum absolute atomic E-state index is 0.0304. The van der Waals surface area contributed by atoms with Gasteiger partial charge in [0.1, 0.15) is 17.2 Å². The van der Waals surface area contributed by atoms with E-state index in [1.165, 1.54) is 18.2 Å². The highest BCUT2D eigenvalue weighted by molar-refractivity contribution is 7.12. The van der Waals surface area contributed by atoms with Crippen LogP contribution in [-0.4, -0.2) is 16.0 Å². The van der Waals surface area contributed by atoms with Crippen LogP contribution in [0, 0.1) is 10.1 Å².